The smallest absolute Gasteiger partial charge is 0.243 e. The number of benzene rings is 2. The van der Waals surface area contributed by atoms with Crippen molar-refractivity contribution >= 4 is 15.9 Å². The summed E-state index contributed by atoms with van der Waals surface area (Å²) in [6.07, 6.45) is -0.319. The lowest BCUT2D eigenvalue weighted by Gasteiger charge is -2.30. The Kier molecular flexibility index (Phi) is 6.14. The molecule has 7 nitrogen and oxygen atoms in total. The summed E-state index contributed by atoms with van der Waals surface area (Å²) in [5.41, 5.74) is 1.90. The van der Waals surface area contributed by atoms with Gasteiger partial charge in [-0.25, -0.2) is 8.42 Å². The van der Waals surface area contributed by atoms with E-state index in [4.69, 9.17) is 9.47 Å². The Morgan fingerprint density at radius 3 is 2.45 bits per heavy atom. The highest BCUT2D eigenvalue weighted by molar-refractivity contribution is 7.89. The molecule has 2 aromatic rings. The lowest BCUT2D eigenvalue weighted by molar-refractivity contribution is -0.131. The largest absolute Gasteiger partial charge is 0.486 e. The van der Waals surface area contributed by atoms with Crippen LogP contribution >= 0.6 is 0 Å². The van der Waals surface area contributed by atoms with Crippen molar-refractivity contribution in [2.24, 2.45) is 0 Å². The predicted octanol–water partition coefficient (Wildman–Crippen LogP) is 2.22. The van der Waals surface area contributed by atoms with Gasteiger partial charge in [-0.3, -0.25) is 4.79 Å². The second-order valence-electron chi connectivity index (χ2n) is 7.28. The molecular weight excluding hydrogens is 392 g/mol. The third-order valence-electron chi connectivity index (χ3n) is 5.02. The third-order valence-corrected chi connectivity index (χ3v) is 6.81. The summed E-state index contributed by atoms with van der Waals surface area (Å²) in [5.74, 6) is 0.998. The number of rotatable bonds is 6. The van der Waals surface area contributed by atoms with E-state index in [9.17, 15) is 13.2 Å². The van der Waals surface area contributed by atoms with Gasteiger partial charge < -0.3 is 14.4 Å². The molecular formula is C21H26N2O5S. The van der Waals surface area contributed by atoms with Crippen LogP contribution in [0.2, 0.25) is 0 Å². The van der Waals surface area contributed by atoms with Crippen molar-refractivity contribution < 1.29 is 22.7 Å². The maximum atomic E-state index is 12.8. The molecule has 0 spiro atoms. The van der Waals surface area contributed by atoms with E-state index >= 15 is 0 Å². The van der Waals surface area contributed by atoms with Crippen LogP contribution in [0.1, 0.15) is 11.1 Å². The van der Waals surface area contributed by atoms with Gasteiger partial charge in [-0.1, -0.05) is 18.2 Å². The Balaban J connectivity index is 1.61. The summed E-state index contributed by atoms with van der Waals surface area (Å²) < 4.78 is 38.2. The van der Waals surface area contributed by atoms with Crippen molar-refractivity contribution in [1.82, 2.24) is 9.21 Å². The number of carbonyl (C=O) groups is 1. The number of fused-ring (bicyclic) bond motifs is 1. The zero-order chi connectivity index (χ0) is 21.2. The standard InChI is InChI=1S/C21H26N2O5S/c1-15-9-10-18(11-16(15)2)29(25,26)23(4)13-21(24)22(3)12-17-14-27-19-7-5-6-8-20(19)28-17/h5-11,17H,12-14H2,1-4H3/t17-/m1/s1. The van der Waals surface area contributed by atoms with E-state index in [1.165, 1.54) is 11.9 Å². The van der Waals surface area contributed by atoms with Crippen LogP contribution in [0.4, 0.5) is 0 Å². The summed E-state index contributed by atoms with van der Waals surface area (Å²) in [5, 5.41) is 0. The zero-order valence-corrected chi connectivity index (χ0v) is 17.9. The molecule has 1 atom stereocenters. The number of para-hydroxylation sites is 2. The summed E-state index contributed by atoms with van der Waals surface area (Å²) in [7, 11) is -0.713. The Bertz CT molecular complexity index is 1010. The average Bonchev–Trinajstić information content (AvgIpc) is 2.69. The average molecular weight is 419 g/mol. The van der Waals surface area contributed by atoms with Gasteiger partial charge in [-0.2, -0.15) is 4.31 Å². The van der Waals surface area contributed by atoms with Crippen LogP contribution in [0.3, 0.4) is 0 Å². The molecule has 0 radical (unpaired) electrons. The summed E-state index contributed by atoms with van der Waals surface area (Å²) in [4.78, 5) is 14.2. The van der Waals surface area contributed by atoms with Crippen LogP contribution < -0.4 is 9.47 Å². The number of carbonyl (C=O) groups excluding carboxylic acids is 1. The summed E-state index contributed by atoms with van der Waals surface area (Å²) in [6.45, 7) is 4.15. The monoisotopic (exact) mass is 418 g/mol. The molecule has 3 rings (SSSR count). The quantitative estimate of drug-likeness (QED) is 0.719. The fourth-order valence-corrected chi connectivity index (χ4v) is 4.22. The number of nitrogens with zero attached hydrogens (tertiary/aromatic N) is 2. The van der Waals surface area contributed by atoms with E-state index in [1.54, 1.807) is 25.2 Å². The number of amides is 1. The highest BCUT2D eigenvalue weighted by Crippen LogP contribution is 2.31. The van der Waals surface area contributed by atoms with Crippen LogP contribution in [0.15, 0.2) is 47.4 Å². The molecule has 0 aliphatic carbocycles. The number of sulfonamides is 1. The lowest BCUT2D eigenvalue weighted by Crippen LogP contribution is -2.45. The number of hydrogen-bond acceptors (Lipinski definition) is 5. The SMILES string of the molecule is Cc1ccc(S(=O)(=O)N(C)CC(=O)N(C)C[C@@H]2COc3ccccc3O2)cc1C. The van der Waals surface area contributed by atoms with E-state index in [-0.39, 0.29) is 23.5 Å². The number of hydrogen-bond donors (Lipinski definition) is 0. The van der Waals surface area contributed by atoms with Gasteiger partial charge in [0.1, 0.15) is 6.61 Å². The maximum absolute atomic E-state index is 12.8. The number of ether oxygens (including phenoxy) is 2. The molecule has 1 aliphatic rings. The Labute approximate surface area is 171 Å². The molecule has 1 heterocycles. The van der Waals surface area contributed by atoms with Gasteiger partial charge in [0.15, 0.2) is 17.6 Å². The Morgan fingerprint density at radius 1 is 1.07 bits per heavy atom. The molecule has 1 aliphatic heterocycles. The molecule has 0 saturated heterocycles. The van der Waals surface area contributed by atoms with Crippen molar-refractivity contribution in [2.45, 2.75) is 24.8 Å². The highest BCUT2D eigenvalue weighted by Gasteiger charge is 2.27. The molecule has 8 heteroatoms. The van der Waals surface area contributed by atoms with Gasteiger partial charge in [-0.15, -0.1) is 0 Å². The topological polar surface area (TPSA) is 76.2 Å². The van der Waals surface area contributed by atoms with Crippen LogP contribution in [-0.4, -0.2) is 63.4 Å². The van der Waals surface area contributed by atoms with Gasteiger partial charge in [0.05, 0.1) is 18.0 Å². The normalized spacial score (nSPS) is 16.0. The second-order valence-corrected chi connectivity index (χ2v) is 9.32. The fraction of sp³-hybridized carbons (Fsp3) is 0.381. The minimum atomic E-state index is -3.75. The molecule has 29 heavy (non-hydrogen) atoms. The molecule has 0 bridgehead atoms. The van der Waals surface area contributed by atoms with E-state index in [0.717, 1.165) is 15.4 Å². The van der Waals surface area contributed by atoms with Gasteiger partial charge in [0.25, 0.3) is 0 Å². The minimum Gasteiger partial charge on any atom is -0.486 e. The Morgan fingerprint density at radius 2 is 1.76 bits per heavy atom. The highest BCUT2D eigenvalue weighted by atomic mass is 32.2. The second kappa shape index (κ2) is 8.42. The molecule has 0 unspecified atom stereocenters. The van der Waals surface area contributed by atoms with Gasteiger partial charge in [-0.05, 0) is 49.2 Å². The van der Waals surface area contributed by atoms with E-state index < -0.39 is 10.0 Å². The first-order valence-corrected chi connectivity index (χ1v) is 10.8. The molecule has 0 N–H and O–H groups in total. The number of likely N-dealkylation sites (N-methyl/N-ethyl adjacent to an activating group) is 2. The summed E-state index contributed by atoms with van der Waals surface area (Å²) in [6, 6.07) is 12.3. The fourth-order valence-electron chi connectivity index (χ4n) is 3.01. The van der Waals surface area contributed by atoms with E-state index in [1.807, 2.05) is 38.1 Å². The molecule has 0 fully saturated rings. The molecule has 2 aromatic carbocycles. The minimum absolute atomic E-state index is 0.180. The molecule has 1 amide bonds. The van der Waals surface area contributed by atoms with E-state index in [0.29, 0.717) is 24.7 Å². The molecule has 156 valence electrons. The van der Waals surface area contributed by atoms with Crippen molar-refractivity contribution in [3.8, 4) is 11.5 Å². The van der Waals surface area contributed by atoms with Gasteiger partial charge >= 0.3 is 0 Å². The van der Waals surface area contributed by atoms with Crippen molar-refractivity contribution in [1.29, 1.82) is 0 Å². The first-order valence-electron chi connectivity index (χ1n) is 9.34. The van der Waals surface area contributed by atoms with Gasteiger partial charge in [0.2, 0.25) is 15.9 Å². The third kappa shape index (κ3) is 4.71. The van der Waals surface area contributed by atoms with Crippen LogP contribution in [0.5, 0.6) is 11.5 Å². The van der Waals surface area contributed by atoms with E-state index in [2.05, 4.69) is 0 Å². The van der Waals surface area contributed by atoms with Crippen molar-refractivity contribution in [3.63, 3.8) is 0 Å². The lowest BCUT2D eigenvalue weighted by atomic mass is 10.1. The predicted molar refractivity (Wildman–Crippen MR) is 110 cm³/mol. The summed E-state index contributed by atoms with van der Waals surface area (Å²) >= 11 is 0. The number of aryl methyl sites for hydroxylation is 2. The molecule has 0 saturated carbocycles. The van der Waals surface area contributed by atoms with Crippen LogP contribution in [0, 0.1) is 13.8 Å². The maximum Gasteiger partial charge on any atom is 0.243 e. The van der Waals surface area contributed by atoms with Crippen molar-refractivity contribution in [2.75, 3.05) is 33.8 Å². The first-order chi connectivity index (χ1) is 13.7. The van der Waals surface area contributed by atoms with Gasteiger partial charge in [0, 0.05) is 14.1 Å². The first kappa shape index (κ1) is 21.1. The van der Waals surface area contributed by atoms with Crippen molar-refractivity contribution in [3.05, 3.63) is 53.6 Å². The van der Waals surface area contributed by atoms with Crippen LogP contribution in [0.25, 0.3) is 0 Å². The molecule has 0 aromatic heterocycles. The Hall–Kier alpha value is -2.58. The zero-order valence-electron chi connectivity index (χ0n) is 17.1. The van der Waals surface area contributed by atoms with Crippen LogP contribution in [-0.2, 0) is 14.8 Å².